The molecule has 1 aromatic rings. The minimum Gasteiger partial charge on any atom is -0.396 e. The lowest BCUT2D eigenvalue weighted by Crippen LogP contribution is -2.22. The van der Waals surface area contributed by atoms with Crippen LogP contribution in [0.2, 0.25) is 0 Å². The Labute approximate surface area is 103 Å². The summed E-state index contributed by atoms with van der Waals surface area (Å²) < 4.78 is 1.87. The first-order valence-electron chi connectivity index (χ1n) is 6.32. The van der Waals surface area contributed by atoms with Gasteiger partial charge in [0, 0.05) is 13.2 Å². The molecule has 0 aromatic carbocycles. The highest BCUT2D eigenvalue weighted by molar-refractivity contribution is 4.80. The topological polar surface area (TPSA) is 67.1 Å². The maximum atomic E-state index is 8.69. The average molecular weight is 241 g/mol. The van der Waals surface area contributed by atoms with Crippen LogP contribution < -0.4 is 0 Å². The monoisotopic (exact) mass is 241 g/mol. The summed E-state index contributed by atoms with van der Waals surface area (Å²) >= 11 is 0. The zero-order valence-electron chi connectivity index (χ0n) is 10.8. The third-order valence-corrected chi connectivity index (χ3v) is 2.65. The summed E-state index contributed by atoms with van der Waals surface area (Å²) in [6.07, 6.45) is 4.10. The lowest BCUT2D eigenvalue weighted by atomic mass is 10.2. The molecule has 17 heavy (non-hydrogen) atoms. The predicted molar refractivity (Wildman–Crippen MR) is 65.4 cm³/mol. The van der Waals surface area contributed by atoms with E-state index >= 15 is 0 Å². The minimum absolute atomic E-state index is 0.290. The molecule has 0 saturated heterocycles. The van der Waals surface area contributed by atoms with E-state index in [4.69, 9.17) is 5.11 Å². The summed E-state index contributed by atoms with van der Waals surface area (Å²) in [5.74, 6) is 0.927. The van der Waals surface area contributed by atoms with E-state index in [0.29, 0.717) is 6.61 Å². The van der Waals surface area contributed by atoms with E-state index in [0.717, 1.165) is 51.1 Å². The molecule has 0 spiro atoms. The van der Waals surface area contributed by atoms with Gasteiger partial charge in [0.15, 0.2) is 5.82 Å². The number of aryl methyl sites for hydroxylation is 1. The van der Waals surface area contributed by atoms with Gasteiger partial charge < -0.3 is 5.11 Å². The Bertz CT molecular complexity index is 302. The van der Waals surface area contributed by atoms with Crippen molar-refractivity contribution in [1.82, 2.24) is 25.1 Å². The fourth-order valence-corrected chi connectivity index (χ4v) is 1.71. The van der Waals surface area contributed by atoms with Crippen molar-refractivity contribution >= 4 is 0 Å². The molecule has 0 aliphatic heterocycles. The van der Waals surface area contributed by atoms with Gasteiger partial charge in [-0.2, -0.15) is 0 Å². The quantitative estimate of drug-likeness (QED) is 0.644. The SMILES string of the molecule is CCCn1nnnc1CN(C)CCCCCO. The fourth-order valence-electron chi connectivity index (χ4n) is 1.71. The Balaban J connectivity index is 2.29. The van der Waals surface area contributed by atoms with E-state index < -0.39 is 0 Å². The third-order valence-electron chi connectivity index (χ3n) is 2.65. The molecule has 0 unspecified atom stereocenters. The highest BCUT2D eigenvalue weighted by Gasteiger charge is 2.08. The van der Waals surface area contributed by atoms with Crippen molar-refractivity contribution in [2.24, 2.45) is 0 Å². The molecule has 1 aromatic heterocycles. The van der Waals surface area contributed by atoms with E-state index in [1.54, 1.807) is 0 Å². The van der Waals surface area contributed by atoms with Crippen LogP contribution in [-0.2, 0) is 13.1 Å². The molecule has 1 N–H and O–H groups in total. The number of unbranched alkanes of at least 4 members (excludes halogenated alkanes) is 2. The molecule has 6 nitrogen and oxygen atoms in total. The number of hydrogen-bond donors (Lipinski definition) is 1. The summed E-state index contributed by atoms with van der Waals surface area (Å²) in [5, 5.41) is 20.4. The van der Waals surface area contributed by atoms with Crippen molar-refractivity contribution in [1.29, 1.82) is 0 Å². The normalized spacial score (nSPS) is 11.3. The Morgan fingerprint density at radius 2 is 2.12 bits per heavy atom. The van der Waals surface area contributed by atoms with Gasteiger partial charge in [0.2, 0.25) is 0 Å². The third kappa shape index (κ3) is 5.23. The lowest BCUT2D eigenvalue weighted by molar-refractivity contribution is 0.268. The first-order valence-corrected chi connectivity index (χ1v) is 6.32. The maximum Gasteiger partial charge on any atom is 0.165 e. The number of aliphatic hydroxyl groups is 1. The van der Waals surface area contributed by atoms with E-state index in [1.165, 1.54) is 0 Å². The standard InChI is InChI=1S/C11H23N5O/c1-3-7-16-11(12-13-14-16)10-15(2)8-5-4-6-9-17/h17H,3-10H2,1-2H3. The predicted octanol–water partition coefficient (Wildman–Crippen LogP) is 0.677. The molecular weight excluding hydrogens is 218 g/mol. The number of rotatable bonds is 9. The van der Waals surface area contributed by atoms with Crippen molar-refractivity contribution < 1.29 is 5.11 Å². The highest BCUT2D eigenvalue weighted by atomic mass is 16.2. The summed E-state index contributed by atoms with van der Waals surface area (Å²) in [4.78, 5) is 2.22. The average Bonchev–Trinajstić information content (AvgIpc) is 2.73. The Morgan fingerprint density at radius 3 is 2.82 bits per heavy atom. The van der Waals surface area contributed by atoms with Crippen LogP contribution in [0.15, 0.2) is 0 Å². The zero-order chi connectivity index (χ0) is 12.5. The molecular formula is C11H23N5O. The van der Waals surface area contributed by atoms with Crippen molar-refractivity contribution in [3.8, 4) is 0 Å². The minimum atomic E-state index is 0.290. The van der Waals surface area contributed by atoms with Crippen LogP contribution in [0.3, 0.4) is 0 Å². The van der Waals surface area contributed by atoms with Crippen LogP contribution in [0, 0.1) is 0 Å². The van der Waals surface area contributed by atoms with Gasteiger partial charge in [0.05, 0.1) is 6.54 Å². The molecule has 98 valence electrons. The molecule has 0 amide bonds. The van der Waals surface area contributed by atoms with Crippen LogP contribution in [0.4, 0.5) is 0 Å². The van der Waals surface area contributed by atoms with E-state index in [-0.39, 0.29) is 0 Å². The summed E-state index contributed by atoms with van der Waals surface area (Å²) in [7, 11) is 2.07. The van der Waals surface area contributed by atoms with Gasteiger partial charge in [-0.05, 0) is 49.7 Å². The van der Waals surface area contributed by atoms with Gasteiger partial charge in [-0.1, -0.05) is 6.92 Å². The first-order chi connectivity index (χ1) is 8.27. The summed E-state index contributed by atoms with van der Waals surface area (Å²) in [6.45, 7) is 5.08. The zero-order valence-corrected chi connectivity index (χ0v) is 10.8. The molecule has 0 aliphatic rings. The number of hydrogen-bond acceptors (Lipinski definition) is 5. The van der Waals surface area contributed by atoms with Crippen molar-refractivity contribution in [2.45, 2.75) is 45.7 Å². The van der Waals surface area contributed by atoms with Gasteiger partial charge >= 0.3 is 0 Å². The maximum absolute atomic E-state index is 8.69. The molecule has 0 radical (unpaired) electrons. The van der Waals surface area contributed by atoms with Gasteiger partial charge in [-0.3, -0.25) is 4.90 Å². The number of nitrogens with zero attached hydrogens (tertiary/aromatic N) is 5. The van der Waals surface area contributed by atoms with Crippen LogP contribution in [0.25, 0.3) is 0 Å². The Morgan fingerprint density at radius 1 is 1.29 bits per heavy atom. The summed E-state index contributed by atoms with van der Waals surface area (Å²) in [5.41, 5.74) is 0. The largest absolute Gasteiger partial charge is 0.396 e. The molecule has 0 saturated carbocycles. The van der Waals surface area contributed by atoms with E-state index in [1.807, 2.05) is 4.68 Å². The lowest BCUT2D eigenvalue weighted by Gasteiger charge is -2.15. The van der Waals surface area contributed by atoms with Crippen LogP contribution in [0.5, 0.6) is 0 Å². The molecule has 0 aliphatic carbocycles. The van der Waals surface area contributed by atoms with Crippen molar-refractivity contribution in [3.63, 3.8) is 0 Å². The molecule has 0 bridgehead atoms. The van der Waals surface area contributed by atoms with E-state index in [2.05, 4.69) is 34.4 Å². The van der Waals surface area contributed by atoms with Gasteiger partial charge in [-0.15, -0.1) is 5.10 Å². The molecule has 1 heterocycles. The fraction of sp³-hybridized carbons (Fsp3) is 0.909. The van der Waals surface area contributed by atoms with Crippen molar-refractivity contribution in [3.05, 3.63) is 5.82 Å². The number of aliphatic hydroxyl groups excluding tert-OH is 1. The first kappa shape index (κ1) is 14.1. The smallest absolute Gasteiger partial charge is 0.165 e. The van der Waals surface area contributed by atoms with Gasteiger partial charge in [0.1, 0.15) is 0 Å². The second kappa shape index (κ2) is 8.14. The summed E-state index contributed by atoms with van der Waals surface area (Å²) in [6, 6.07) is 0. The van der Waals surface area contributed by atoms with Crippen LogP contribution in [-0.4, -0.2) is 50.4 Å². The van der Waals surface area contributed by atoms with E-state index in [9.17, 15) is 0 Å². The van der Waals surface area contributed by atoms with Gasteiger partial charge in [-0.25, -0.2) is 4.68 Å². The Kier molecular flexibility index (Phi) is 6.73. The molecule has 0 atom stereocenters. The number of tetrazole rings is 1. The second-order valence-electron chi connectivity index (χ2n) is 4.34. The van der Waals surface area contributed by atoms with Crippen LogP contribution >= 0.6 is 0 Å². The van der Waals surface area contributed by atoms with Gasteiger partial charge in [0.25, 0.3) is 0 Å². The second-order valence-corrected chi connectivity index (χ2v) is 4.34. The number of aromatic nitrogens is 4. The molecule has 6 heteroatoms. The molecule has 1 rings (SSSR count). The van der Waals surface area contributed by atoms with Crippen LogP contribution in [0.1, 0.15) is 38.4 Å². The molecule has 0 fully saturated rings. The van der Waals surface area contributed by atoms with Crippen molar-refractivity contribution in [2.75, 3.05) is 20.2 Å². The Hall–Kier alpha value is -1.01. The highest BCUT2D eigenvalue weighted by Crippen LogP contribution is 2.02.